The van der Waals surface area contributed by atoms with Gasteiger partial charge in [-0.2, -0.15) is 0 Å². The Morgan fingerprint density at radius 3 is 2.75 bits per heavy atom. The van der Waals surface area contributed by atoms with Crippen molar-refractivity contribution in [3.8, 4) is 0 Å². The fourth-order valence-corrected chi connectivity index (χ4v) is 5.12. The molecule has 3 aromatic heterocycles. The minimum atomic E-state index is -0.811. The fraction of sp³-hybridized carbons (Fsp3) is 0.409. The van der Waals surface area contributed by atoms with Crippen LogP contribution in [0.5, 0.6) is 0 Å². The molecule has 6 nitrogen and oxygen atoms in total. The summed E-state index contributed by atoms with van der Waals surface area (Å²) in [5.74, 6) is 0.0516. The smallest absolute Gasteiger partial charge is 0.256 e. The topological polar surface area (TPSA) is 71.2 Å². The van der Waals surface area contributed by atoms with Crippen LogP contribution in [-0.4, -0.2) is 48.1 Å². The number of hydrogen-bond donors (Lipinski definition) is 1. The van der Waals surface area contributed by atoms with E-state index in [4.69, 9.17) is 0 Å². The number of aromatic nitrogens is 3. The van der Waals surface area contributed by atoms with Crippen LogP contribution in [0.2, 0.25) is 0 Å². The second-order valence-electron chi connectivity index (χ2n) is 8.24. The first kappa shape index (κ1) is 17.4. The van der Waals surface area contributed by atoms with Crippen molar-refractivity contribution in [2.75, 3.05) is 0 Å². The molecule has 1 N–H and O–H groups in total. The summed E-state index contributed by atoms with van der Waals surface area (Å²) in [4.78, 5) is 23.7. The molecule has 0 spiro atoms. The molecule has 1 amide bonds. The summed E-state index contributed by atoms with van der Waals surface area (Å²) < 4.78 is 2.09. The molecule has 28 heavy (non-hydrogen) atoms. The summed E-state index contributed by atoms with van der Waals surface area (Å²) in [6, 6.07) is 7.86. The van der Waals surface area contributed by atoms with Gasteiger partial charge in [-0.15, -0.1) is 0 Å². The zero-order valence-corrected chi connectivity index (χ0v) is 16.0. The molecule has 2 atom stereocenters. The molecule has 0 aliphatic carbocycles. The van der Waals surface area contributed by atoms with E-state index >= 15 is 0 Å². The number of aryl methyl sites for hydroxylation is 1. The highest BCUT2D eigenvalue weighted by atomic mass is 16.3. The van der Waals surface area contributed by atoms with Crippen molar-refractivity contribution in [3.05, 3.63) is 60.3 Å². The molecule has 2 aliphatic heterocycles. The minimum Gasteiger partial charge on any atom is -0.388 e. The lowest BCUT2D eigenvalue weighted by molar-refractivity contribution is -0.0533. The van der Waals surface area contributed by atoms with Gasteiger partial charge in [0.2, 0.25) is 0 Å². The van der Waals surface area contributed by atoms with Crippen LogP contribution < -0.4 is 0 Å². The summed E-state index contributed by atoms with van der Waals surface area (Å²) in [5, 5.41) is 12.5. The fourth-order valence-electron chi connectivity index (χ4n) is 5.12. The van der Waals surface area contributed by atoms with Crippen molar-refractivity contribution < 1.29 is 9.90 Å². The number of fused-ring (bicyclic) bond motifs is 3. The van der Waals surface area contributed by atoms with Crippen molar-refractivity contribution in [2.24, 2.45) is 0 Å². The van der Waals surface area contributed by atoms with Crippen LogP contribution in [-0.2, 0) is 6.54 Å². The predicted molar refractivity (Wildman–Crippen MR) is 106 cm³/mol. The molecule has 5 rings (SSSR count). The van der Waals surface area contributed by atoms with E-state index in [0.717, 1.165) is 29.4 Å². The van der Waals surface area contributed by atoms with Crippen LogP contribution in [0.4, 0.5) is 0 Å². The highest BCUT2D eigenvalue weighted by Crippen LogP contribution is 2.42. The number of carbonyl (C=O) groups is 1. The Balaban J connectivity index is 1.39. The normalized spacial score (nSPS) is 26.7. The van der Waals surface area contributed by atoms with Crippen molar-refractivity contribution in [1.82, 2.24) is 19.4 Å². The number of piperidine rings is 1. The summed E-state index contributed by atoms with van der Waals surface area (Å²) in [5.41, 5.74) is 1.66. The number of carbonyl (C=O) groups excluding carboxylic acids is 1. The molecular weight excluding hydrogens is 352 g/mol. The Kier molecular flexibility index (Phi) is 3.98. The van der Waals surface area contributed by atoms with Crippen molar-refractivity contribution in [1.29, 1.82) is 0 Å². The highest BCUT2D eigenvalue weighted by molar-refractivity contribution is 5.96. The van der Waals surface area contributed by atoms with E-state index in [1.54, 1.807) is 12.4 Å². The number of nitrogens with zero attached hydrogens (tertiary/aromatic N) is 4. The van der Waals surface area contributed by atoms with Crippen LogP contribution in [0.25, 0.3) is 10.9 Å². The van der Waals surface area contributed by atoms with Gasteiger partial charge in [0.25, 0.3) is 5.91 Å². The maximum absolute atomic E-state index is 13.2. The average molecular weight is 376 g/mol. The van der Waals surface area contributed by atoms with Crippen molar-refractivity contribution >= 4 is 16.8 Å². The van der Waals surface area contributed by atoms with Gasteiger partial charge in [0.1, 0.15) is 0 Å². The summed E-state index contributed by atoms with van der Waals surface area (Å²) >= 11 is 0. The molecule has 2 bridgehead atoms. The first-order chi connectivity index (χ1) is 13.5. The van der Waals surface area contributed by atoms with E-state index in [1.807, 2.05) is 42.4 Å². The van der Waals surface area contributed by atoms with Crippen LogP contribution in [0.1, 0.15) is 41.7 Å². The Morgan fingerprint density at radius 2 is 2.00 bits per heavy atom. The Bertz CT molecular complexity index is 1030. The Hall–Kier alpha value is -2.73. The highest BCUT2D eigenvalue weighted by Gasteiger charge is 2.49. The van der Waals surface area contributed by atoms with Gasteiger partial charge < -0.3 is 14.6 Å². The summed E-state index contributed by atoms with van der Waals surface area (Å²) in [6.45, 7) is 2.41. The van der Waals surface area contributed by atoms with Crippen LogP contribution in [0, 0.1) is 6.92 Å². The van der Waals surface area contributed by atoms with E-state index in [2.05, 4.69) is 20.6 Å². The molecule has 5 heterocycles. The zero-order valence-electron chi connectivity index (χ0n) is 16.0. The first-order valence-corrected chi connectivity index (χ1v) is 9.90. The van der Waals surface area contributed by atoms with Gasteiger partial charge >= 0.3 is 0 Å². The van der Waals surface area contributed by atoms with Crippen LogP contribution >= 0.6 is 0 Å². The third-order valence-corrected chi connectivity index (χ3v) is 6.36. The van der Waals surface area contributed by atoms with Crippen LogP contribution in [0.3, 0.4) is 0 Å². The lowest BCUT2D eigenvalue weighted by Gasteiger charge is -2.44. The number of pyridine rings is 2. The molecule has 2 saturated heterocycles. The molecule has 2 unspecified atom stereocenters. The van der Waals surface area contributed by atoms with Gasteiger partial charge in [-0.05, 0) is 56.9 Å². The second kappa shape index (κ2) is 6.41. The van der Waals surface area contributed by atoms with Gasteiger partial charge in [-0.1, -0.05) is 0 Å². The maximum atomic E-state index is 13.2. The van der Waals surface area contributed by atoms with Crippen molar-refractivity contribution in [3.63, 3.8) is 0 Å². The number of aliphatic hydroxyl groups is 1. The third-order valence-electron chi connectivity index (χ3n) is 6.36. The third kappa shape index (κ3) is 2.79. The molecule has 2 aliphatic rings. The van der Waals surface area contributed by atoms with E-state index < -0.39 is 5.60 Å². The maximum Gasteiger partial charge on any atom is 0.256 e. The number of rotatable bonds is 3. The number of hydrogen-bond acceptors (Lipinski definition) is 4. The van der Waals surface area contributed by atoms with E-state index in [0.29, 0.717) is 24.9 Å². The monoisotopic (exact) mass is 376 g/mol. The lowest BCUT2D eigenvalue weighted by atomic mass is 9.85. The molecule has 0 radical (unpaired) electrons. The molecule has 0 aromatic carbocycles. The SMILES string of the molecule is Cc1ncccc1C(=O)N1C2CCC1CC(O)(Cn1ccc3ccncc31)C2. The van der Waals surface area contributed by atoms with Crippen molar-refractivity contribution in [2.45, 2.75) is 56.8 Å². The summed E-state index contributed by atoms with van der Waals surface area (Å²) in [6.07, 6.45) is 10.5. The largest absolute Gasteiger partial charge is 0.388 e. The van der Waals surface area contributed by atoms with Crippen LogP contribution in [0.15, 0.2) is 49.1 Å². The quantitative estimate of drug-likeness (QED) is 0.763. The van der Waals surface area contributed by atoms with Gasteiger partial charge in [-0.25, -0.2) is 0 Å². The predicted octanol–water partition coefficient (Wildman–Crippen LogP) is 2.94. The first-order valence-electron chi connectivity index (χ1n) is 9.90. The molecule has 3 aromatic rings. The summed E-state index contributed by atoms with van der Waals surface area (Å²) in [7, 11) is 0. The molecular formula is C22H24N4O2. The molecule has 2 fully saturated rings. The van der Waals surface area contributed by atoms with E-state index in [-0.39, 0.29) is 18.0 Å². The van der Waals surface area contributed by atoms with Gasteiger partial charge in [0.15, 0.2) is 0 Å². The number of amides is 1. The van der Waals surface area contributed by atoms with Gasteiger partial charge in [-0.3, -0.25) is 14.8 Å². The lowest BCUT2D eigenvalue weighted by Crippen LogP contribution is -2.54. The molecule has 0 saturated carbocycles. The van der Waals surface area contributed by atoms with Gasteiger partial charge in [0.05, 0.1) is 29.4 Å². The Morgan fingerprint density at radius 1 is 1.21 bits per heavy atom. The standard InChI is InChI=1S/C22H24N4O2/c1-15-19(3-2-8-24-15)21(27)26-17-4-5-18(26)12-22(28,11-17)14-25-10-7-16-6-9-23-13-20(16)25/h2-3,6-10,13,17-18,28H,4-5,11-12,14H2,1H3. The van der Waals surface area contributed by atoms with Gasteiger partial charge in [0, 0.05) is 41.8 Å². The molecule has 6 heteroatoms. The molecule has 144 valence electrons. The average Bonchev–Trinajstić information content (AvgIpc) is 3.21. The van der Waals surface area contributed by atoms with E-state index in [1.165, 1.54) is 0 Å². The van der Waals surface area contributed by atoms with E-state index in [9.17, 15) is 9.90 Å². The Labute approximate surface area is 163 Å². The minimum absolute atomic E-state index is 0.0516. The second-order valence-corrected chi connectivity index (χ2v) is 8.24. The zero-order chi connectivity index (χ0) is 19.3.